The zero-order valence-corrected chi connectivity index (χ0v) is 25.2. The zero-order valence-electron chi connectivity index (χ0n) is 22.2. The van der Waals surface area contributed by atoms with Crippen LogP contribution in [0.5, 0.6) is 0 Å². The van der Waals surface area contributed by atoms with E-state index in [0.29, 0.717) is 26.0 Å². The third-order valence-electron chi connectivity index (χ3n) is 7.27. The fraction of sp³-hybridized carbons (Fsp3) is 0.345. The molecule has 0 radical (unpaired) electrons. The minimum absolute atomic E-state index is 0.0103. The third-order valence-corrected chi connectivity index (χ3v) is 10.1. The highest BCUT2D eigenvalue weighted by atomic mass is 127. The largest absolute Gasteiger partial charge is 0.343 e. The van der Waals surface area contributed by atoms with Crippen LogP contribution in [0, 0.1) is 9.62 Å². The number of halogens is 1. The lowest BCUT2D eigenvalue weighted by Crippen LogP contribution is -2.39. The summed E-state index contributed by atoms with van der Waals surface area (Å²) in [6, 6.07) is 17.4. The number of carbonyl (C=O) groups excluding carboxylic acids is 1. The van der Waals surface area contributed by atoms with Gasteiger partial charge in [-0.1, -0.05) is 51.1 Å². The van der Waals surface area contributed by atoms with E-state index < -0.39 is 16.1 Å². The molecule has 1 aliphatic rings. The number of carbonyl (C=O) groups is 1. The molecule has 39 heavy (non-hydrogen) atoms. The van der Waals surface area contributed by atoms with Crippen molar-refractivity contribution in [3.8, 4) is 0 Å². The molecule has 204 valence electrons. The van der Waals surface area contributed by atoms with Gasteiger partial charge in [0.05, 0.1) is 20.3 Å². The first-order valence-corrected chi connectivity index (χ1v) is 15.5. The molecule has 1 aliphatic heterocycles. The van der Waals surface area contributed by atoms with Crippen LogP contribution in [-0.2, 0) is 15.4 Å². The molecule has 3 heterocycles. The molecule has 8 nitrogen and oxygen atoms in total. The Morgan fingerprint density at radius 2 is 1.72 bits per heavy atom. The lowest BCUT2D eigenvalue weighted by molar-refractivity contribution is 0.0913. The van der Waals surface area contributed by atoms with Gasteiger partial charge in [-0.3, -0.25) is 4.79 Å². The molecule has 10 heteroatoms. The van der Waals surface area contributed by atoms with E-state index in [1.165, 1.54) is 10.3 Å². The van der Waals surface area contributed by atoms with E-state index in [9.17, 15) is 13.2 Å². The lowest BCUT2D eigenvalue weighted by atomic mass is 9.86. The van der Waals surface area contributed by atoms with E-state index >= 15 is 0 Å². The molecule has 0 bridgehead atoms. The highest BCUT2D eigenvalue weighted by Gasteiger charge is 2.32. The Bertz CT molecular complexity index is 1590. The van der Waals surface area contributed by atoms with Gasteiger partial charge >= 0.3 is 0 Å². The van der Waals surface area contributed by atoms with Crippen molar-refractivity contribution in [1.29, 1.82) is 0 Å². The van der Waals surface area contributed by atoms with Gasteiger partial charge in [0, 0.05) is 10.9 Å². The Morgan fingerprint density at radius 1 is 1.05 bits per heavy atom. The second-order valence-corrected chi connectivity index (χ2v) is 13.8. The Balaban J connectivity index is 1.56. The van der Waals surface area contributed by atoms with Gasteiger partial charge in [-0.2, -0.15) is 0 Å². The van der Waals surface area contributed by atoms with Crippen LogP contribution in [0.4, 0.5) is 0 Å². The number of nitrogens with zero attached hydrogens (tertiary/aromatic N) is 3. The molecule has 0 aliphatic carbocycles. The summed E-state index contributed by atoms with van der Waals surface area (Å²) >= 11 is 2.02. The van der Waals surface area contributed by atoms with Crippen LogP contribution in [-0.4, -0.2) is 41.4 Å². The smallest absolute Gasteiger partial charge is 0.270 e. The summed E-state index contributed by atoms with van der Waals surface area (Å²) in [5.41, 5.74) is 2.65. The van der Waals surface area contributed by atoms with E-state index in [-0.39, 0.29) is 22.1 Å². The number of hydrogen-bond acceptors (Lipinski definition) is 6. The van der Waals surface area contributed by atoms with Gasteiger partial charge in [-0.25, -0.2) is 22.4 Å². The van der Waals surface area contributed by atoms with E-state index in [1.54, 1.807) is 36.4 Å². The number of rotatable bonds is 6. The fourth-order valence-electron chi connectivity index (χ4n) is 5.09. The predicted molar refractivity (Wildman–Crippen MR) is 160 cm³/mol. The summed E-state index contributed by atoms with van der Waals surface area (Å²) in [7, 11) is -3.88. The Morgan fingerprint density at radius 3 is 2.36 bits per heavy atom. The predicted octanol–water partition coefficient (Wildman–Crippen LogP) is 5.04. The molecule has 2 aromatic carbocycles. The van der Waals surface area contributed by atoms with Crippen molar-refractivity contribution in [2.75, 3.05) is 13.1 Å². The summed E-state index contributed by atoms with van der Waals surface area (Å²) in [6.07, 6.45) is 3.11. The van der Waals surface area contributed by atoms with Crippen LogP contribution in [0.2, 0.25) is 0 Å². The van der Waals surface area contributed by atoms with Gasteiger partial charge < -0.3 is 10.6 Å². The number of aromatic nitrogens is 3. The summed E-state index contributed by atoms with van der Waals surface area (Å²) < 4.78 is 28.9. The van der Waals surface area contributed by atoms with Crippen LogP contribution in [0.25, 0.3) is 11.0 Å². The number of amides is 1. The first kappa shape index (κ1) is 27.7. The van der Waals surface area contributed by atoms with Crippen LogP contribution in [0.15, 0.2) is 71.9 Å². The molecule has 2 N–H and O–H groups in total. The zero-order chi connectivity index (χ0) is 27.8. The van der Waals surface area contributed by atoms with Crippen LogP contribution in [0.3, 0.4) is 0 Å². The van der Waals surface area contributed by atoms with Crippen molar-refractivity contribution in [2.45, 2.75) is 50.0 Å². The quantitative estimate of drug-likeness (QED) is 0.282. The number of nitrogens with one attached hydrogen (secondary N) is 2. The Hall–Kier alpha value is -2.83. The standard InChI is InChI=1S/C29H32IN5O3S/c1-29(2,3)21-11-9-20(10-12-21)28(36)34-25(19-13-15-31-16-14-19)26-23-17-24(30)35(27(23)33-18-32-26)39(37,38)22-7-5-4-6-8-22/h4-12,17-19,25,31H,13-16H2,1-3H3,(H,34,36). The molecule has 0 spiro atoms. The van der Waals surface area contributed by atoms with Gasteiger partial charge in [0.1, 0.15) is 6.33 Å². The number of benzene rings is 2. The van der Waals surface area contributed by atoms with Gasteiger partial charge in [0.15, 0.2) is 5.65 Å². The molecule has 5 rings (SSSR count). The molecule has 1 amide bonds. The fourth-order valence-corrected chi connectivity index (χ4v) is 7.77. The molecule has 1 atom stereocenters. The van der Waals surface area contributed by atoms with Crippen LogP contribution >= 0.6 is 22.6 Å². The van der Waals surface area contributed by atoms with Gasteiger partial charge in [0.2, 0.25) is 0 Å². The van der Waals surface area contributed by atoms with Crippen molar-refractivity contribution < 1.29 is 13.2 Å². The molecular formula is C29H32IN5O3S. The maximum atomic E-state index is 13.6. The lowest BCUT2D eigenvalue weighted by Gasteiger charge is -2.31. The molecule has 2 aromatic heterocycles. The second-order valence-electron chi connectivity index (χ2n) is 10.9. The van der Waals surface area contributed by atoms with Gasteiger partial charge in [-0.15, -0.1) is 0 Å². The summed E-state index contributed by atoms with van der Waals surface area (Å²) in [4.78, 5) is 22.7. The third kappa shape index (κ3) is 5.59. The van der Waals surface area contributed by atoms with Crippen LogP contribution < -0.4 is 10.6 Å². The summed E-state index contributed by atoms with van der Waals surface area (Å²) in [6.45, 7) is 8.10. The highest BCUT2D eigenvalue weighted by Crippen LogP contribution is 2.35. The topological polar surface area (TPSA) is 106 Å². The van der Waals surface area contributed by atoms with E-state index in [2.05, 4.69) is 41.4 Å². The highest BCUT2D eigenvalue weighted by molar-refractivity contribution is 14.1. The molecule has 0 saturated carbocycles. The summed E-state index contributed by atoms with van der Waals surface area (Å²) in [5.74, 6) is -0.0503. The van der Waals surface area contributed by atoms with Crippen LogP contribution in [0.1, 0.15) is 61.3 Å². The van der Waals surface area contributed by atoms with Gasteiger partial charge in [0.25, 0.3) is 15.9 Å². The molecule has 1 saturated heterocycles. The molecule has 1 fully saturated rings. The maximum Gasteiger partial charge on any atom is 0.270 e. The first-order valence-electron chi connectivity index (χ1n) is 13.0. The minimum Gasteiger partial charge on any atom is -0.343 e. The van der Waals surface area contributed by atoms with Crippen molar-refractivity contribution >= 4 is 49.6 Å². The van der Waals surface area contributed by atoms with Crippen molar-refractivity contribution in [3.63, 3.8) is 0 Å². The SMILES string of the molecule is CC(C)(C)c1ccc(C(=O)NC(c2ncnc3c2cc(I)n3S(=O)(=O)c2ccccc2)C2CCNCC2)cc1. The summed E-state index contributed by atoms with van der Waals surface area (Å²) in [5, 5.41) is 7.25. The number of hydrogen-bond donors (Lipinski definition) is 2. The number of piperidine rings is 1. The number of fused-ring (bicyclic) bond motifs is 1. The van der Waals surface area contributed by atoms with Crippen molar-refractivity contribution in [3.05, 3.63) is 87.5 Å². The molecular weight excluding hydrogens is 625 g/mol. The maximum absolute atomic E-state index is 13.6. The first-order chi connectivity index (χ1) is 18.6. The van der Waals surface area contributed by atoms with E-state index in [1.807, 2.05) is 46.9 Å². The average Bonchev–Trinajstić information content (AvgIpc) is 3.29. The molecule has 1 unspecified atom stereocenters. The second kappa shape index (κ2) is 11.0. The Labute approximate surface area is 242 Å². The van der Waals surface area contributed by atoms with E-state index in [4.69, 9.17) is 0 Å². The molecule has 4 aromatic rings. The Kier molecular flexibility index (Phi) is 7.80. The monoisotopic (exact) mass is 657 g/mol. The van der Waals surface area contributed by atoms with E-state index in [0.717, 1.165) is 31.5 Å². The van der Waals surface area contributed by atoms with Crippen molar-refractivity contribution in [1.82, 2.24) is 24.6 Å². The minimum atomic E-state index is -3.88. The normalized spacial score (nSPS) is 15.8. The van der Waals surface area contributed by atoms with Crippen molar-refractivity contribution in [2.24, 2.45) is 5.92 Å². The van der Waals surface area contributed by atoms with Gasteiger partial charge in [-0.05, 0) is 95.8 Å². The average molecular weight is 658 g/mol.